The summed E-state index contributed by atoms with van der Waals surface area (Å²) in [4.78, 5) is 8.64. The van der Waals surface area contributed by atoms with Crippen LogP contribution >= 0.6 is 11.8 Å². The second-order valence-corrected chi connectivity index (χ2v) is 4.57. The Morgan fingerprint density at radius 3 is 2.71 bits per heavy atom. The first-order valence-electron chi connectivity index (χ1n) is 5.68. The van der Waals surface area contributed by atoms with E-state index in [1.54, 1.807) is 6.92 Å². The maximum atomic E-state index is 9.15. The lowest BCUT2D eigenvalue weighted by atomic mass is 10.2. The average Bonchev–Trinajstić information content (AvgIpc) is 2.34. The van der Waals surface area contributed by atoms with Crippen molar-refractivity contribution in [1.82, 2.24) is 9.97 Å². The monoisotopic (exact) mass is 256 g/mol. The highest BCUT2D eigenvalue weighted by molar-refractivity contribution is 7.98. The first-order valence-corrected chi connectivity index (χ1v) is 6.91. The minimum atomic E-state index is -0.239. The number of anilines is 2. The molecule has 0 spiro atoms. The van der Waals surface area contributed by atoms with Crippen LogP contribution in [-0.4, -0.2) is 41.0 Å². The number of aliphatic hydroxyl groups is 1. The highest BCUT2D eigenvalue weighted by Crippen LogP contribution is 2.16. The van der Waals surface area contributed by atoms with Crippen molar-refractivity contribution >= 4 is 23.4 Å². The lowest BCUT2D eigenvalue weighted by molar-refractivity contribution is 0.183. The molecule has 1 aromatic rings. The molecule has 0 bridgehead atoms. The third kappa shape index (κ3) is 5.23. The number of hydrogen-bond acceptors (Lipinski definition) is 6. The van der Waals surface area contributed by atoms with Gasteiger partial charge in [-0.1, -0.05) is 11.8 Å². The molecule has 0 aromatic carbocycles. The fourth-order valence-electron chi connectivity index (χ4n) is 1.35. The fraction of sp³-hybridized carbons (Fsp3) is 0.636. The lowest BCUT2D eigenvalue weighted by Crippen LogP contribution is -2.08. The molecule has 0 saturated carbocycles. The van der Waals surface area contributed by atoms with Gasteiger partial charge in [0.2, 0.25) is 0 Å². The Hall–Kier alpha value is -1.01. The molecule has 1 unspecified atom stereocenters. The summed E-state index contributed by atoms with van der Waals surface area (Å²) < 4.78 is 0. The Labute approximate surface area is 106 Å². The molecule has 1 rings (SSSR count). The number of rotatable bonds is 7. The maximum Gasteiger partial charge on any atom is 0.191 e. The van der Waals surface area contributed by atoms with Crippen molar-refractivity contribution in [3.8, 4) is 0 Å². The molecular formula is C11H20N4OS. The minimum absolute atomic E-state index is 0.239. The fourth-order valence-corrected chi connectivity index (χ4v) is 1.73. The number of hydrogen-bond donors (Lipinski definition) is 3. The summed E-state index contributed by atoms with van der Waals surface area (Å²) >= 11 is 1.51. The Bertz CT molecular complexity index is 324. The van der Waals surface area contributed by atoms with Gasteiger partial charge >= 0.3 is 0 Å². The lowest BCUT2D eigenvalue weighted by Gasteiger charge is -2.09. The van der Waals surface area contributed by atoms with E-state index in [2.05, 4.69) is 20.6 Å². The molecule has 17 heavy (non-hydrogen) atoms. The van der Waals surface area contributed by atoms with Crippen molar-refractivity contribution in [1.29, 1.82) is 0 Å². The molecule has 1 heterocycles. The number of aliphatic hydroxyl groups excluding tert-OH is 1. The summed E-state index contributed by atoms with van der Waals surface area (Å²) in [5.74, 6) is 1.63. The zero-order chi connectivity index (χ0) is 12.7. The van der Waals surface area contributed by atoms with Gasteiger partial charge in [0, 0.05) is 19.7 Å². The van der Waals surface area contributed by atoms with E-state index in [0.717, 1.165) is 36.2 Å². The average molecular weight is 256 g/mol. The third-order valence-corrected chi connectivity index (χ3v) is 2.80. The van der Waals surface area contributed by atoms with Crippen LogP contribution in [0.1, 0.15) is 19.8 Å². The SMILES string of the molecule is CNc1cc(NCCCC(C)O)nc(SC)n1. The summed E-state index contributed by atoms with van der Waals surface area (Å²) in [6.07, 6.45) is 3.43. The van der Waals surface area contributed by atoms with Crippen molar-refractivity contribution in [2.75, 3.05) is 30.5 Å². The maximum absolute atomic E-state index is 9.15. The number of thioether (sulfide) groups is 1. The molecule has 0 aliphatic carbocycles. The van der Waals surface area contributed by atoms with Gasteiger partial charge in [-0.3, -0.25) is 0 Å². The summed E-state index contributed by atoms with van der Waals surface area (Å²) in [7, 11) is 1.84. The van der Waals surface area contributed by atoms with Gasteiger partial charge in [0.15, 0.2) is 5.16 Å². The van der Waals surface area contributed by atoms with Crippen molar-refractivity contribution in [2.45, 2.75) is 31.0 Å². The van der Waals surface area contributed by atoms with Crippen molar-refractivity contribution in [3.05, 3.63) is 6.07 Å². The first-order chi connectivity index (χ1) is 8.15. The standard InChI is InChI=1S/C11H20N4OS/c1-8(16)5-4-6-13-10-7-9(12-2)14-11(15-10)17-3/h7-8,16H,4-6H2,1-3H3,(H2,12,13,14,15). The third-order valence-electron chi connectivity index (χ3n) is 2.25. The first kappa shape index (κ1) is 14.1. The predicted octanol–water partition coefficient (Wildman–Crippen LogP) is 1.81. The van der Waals surface area contributed by atoms with Crippen LogP contribution in [0.5, 0.6) is 0 Å². The van der Waals surface area contributed by atoms with E-state index >= 15 is 0 Å². The molecule has 0 amide bonds. The second kappa shape index (κ2) is 7.34. The van der Waals surface area contributed by atoms with E-state index in [0.29, 0.717) is 0 Å². The summed E-state index contributed by atoms with van der Waals surface area (Å²) in [6, 6.07) is 1.88. The summed E-state index contributed by atoms with van der Waals surface area (Å²) in [5, 5.41) is 16.1. The Balaban J connectivity index is 2.51. The zero-order valence-electron chi connectivity index (χ0n) is 10.5. The van der Waals surface area contributed by atoms with Crippen molar-refractivity contribution < 1.29 is 5.11 Å². The molecule has 0 radical (unpaired) electrons. The Kier molecular flexibility index (Phi) is 6.07. The highest BCUT2D eigenvalue weighted by atomic mass is 32.2. The van der Waals surface area contributed by atoms with Crippen LogP contribution in [0.2, 0.25) is 0 Å². The Morgan fingerprint density at radius 2 is 2.12 bits per heavy atom. The molecule has 96 valence electrons. The smallest absolute Gasteiger partial charge is 0.191 e. The number of aromatic nitrogens is 2. The van der Waals surface area contributed by atoms with E-state index in [-0.39, 0.29) is 6.10 Å². The molecule has 3 N–H and O–H groups in total. The predicted molar refractivity (Wildman–Crippen MR) is 72.8 cm³/mol. The van der Waals surface area contributed by atoms with E-state index in [1.165, 1.54) is 11.8 Å². The number of nitrogens with one attached hydrogen (secondary N) is 2. The van der Waals surface area contributed by atoms with Crippen molar-refractivity contribution in [3.63, 3.8) is 0 Å². The molecular weight excluding hydrogens is 236 g/mol. The van der Waals surface area contributed by atoms with Crippen LogP contribution in [-0.2, 0) is 0 Å². The van der Waals surface area contributed by atoms with Gasteiger partial charge in [-0.2, -0.15) is 0 Å². The van der Waals surface area contributed by atoms with Crippen LogP contribution in [0, 0.1) is 0 Å². The van der Waals surface area contributed by atoms with Crippen LogP contribution in [0.15, 0.2) is 11.2 Å². The summed E-state index contributed by atoms with van der Waals surface area (Å²) in [6.45, 7) is 2.61. The van der Waals surface area contributed by atoms with Gasteiger partial charge in [-0.05, 0) is 26.0 Å². The van der Waals surface area contributed by atoms with E-state index in [4.69, 9.17) is 5.11 Å². The number of nitrogens with zero attached hydrogens (tertiary/aromatic N) is 2. The van der Waals surface area contributed by atoms with Gasteiger partial charge in [0.05, 0.1) is 6.10 Å². The second-order valence-electron chi connectivity index (χ2n) is 3.79. The quantitative estimate of drug-likeness (QED) is 0.393. The summed E-state index contributed by atoms with van der Waals surface area (Å²) in [5.41, 5.74) is 0. The van der Waals surface area contributed by atoms with Gasteiger partial charge in [-0.15, -0.1) is 0 Å². The largest absolute Gasteiger partial charge is 0.393 e. The molecule has 0 fully saturated rings. The van der Waals surface area contributed by atoms with Crippen molar-refractivity contribution in [2.24, 2.45) is 0 Å². The van der Waals surface area contributed by atoms with Gasteiger partial charge in [0.25, 0.3) is 0 Å². The molecule has 1 atom stereocenters. The molecule has 5 nitrogen and oxygen atoms in total. The topological polar surface area (TPSA) is 70.1 Å². The van der Waals surface area contributed by atoms with Crippen LogP contribution in [0.25, 0.3) is 0 Å². The molecule has 0 saturated heterocycles. The normalized spacial score (nSPS) is 12.2. The minimum Gasteiger partial charge on any atom is -0.393 e. The van der Waals surface area contributed by atoms with Gasteiger partial charge in [-0.25, -0.2) is 9.97 Å². The zero-order valence-corrected chi connectivity index (χ0v) is 11.3. The van der Waals surface area contributed by atoms with Crippen LogP contribution in [0.4, 0.5) is 11.6 Å². The highest BCUT2D eigenvalue weighted by Gasteiger charge is 2.02. The Morgan fingerprint density at radius 1 is 1.41 bits per heavy atom. The van der Waals surface area contributed by atoms with E-state index < -0.39 is 0 Å². The molecule has 6 heteroatoms. The van der Waals surface area contributed by atoms with Crippen LogP contribution in [0.3, 0.4) is 0 Å². The molecule has 1 aromatic heterocycles. The van der Waals surface area contributed by atoms with E-state index in [1.807, 2.05) is 19.4 Å². The van der Waals surface area contributed by atoms with Crippen LogP contribution < -0.4 is 10.6 Å². The molecule has 0 aliphatic heterocycles. The molecule has 0 aliphatic rings. The van der Waals surface area contributed by atoms with Gasteiger partial charge in [0.1, 0.15) is 11.6 Å². The van der Waals surface area contributed by atoms with E-state index in [9.17, 15) is 0 Å². The van der Waals surface area contributed by atoms with Gasteiger partial charge < -0.3 is 15.7 Å².